The Morgan fingerprint density at radius 1 is 1.28 bits per heavy atom. The summed E-state index contributed by atoms with van der Waals surface area (Å²) in [4.78, 5) is 8.33. The van der Waals surface area contributed by atoms with Crippen LogP contribution in [0.3, 0.4) is 0 Å². The van der Waals surface area contributed by atoms with Crippen LogP contribution in [0.15, 0.2) is 30.6 Å². The lowest BCUT2D eigenvalue weighted by atomic mass is 10.3. The lowest BCUT2D eigenvalue weighted by Gasteiger charge is -2.08. The van der Waals surface area contributed by atoms with Crippen molar-refractivity contribution in [3.63, 3.8) is 0 Å². The molecule has 0 bridgehead atoms. The first-order valence-electron chi connectivity index (χ1n) is 5.47. The molecule has 18 heavy (non-hydrogen) atoms. The fraction of sp³-hybridized carbons (Fsp3) is 0.167. The topological polar surface area (TPSA) is 49.8 Å². The predicted octanol–water partition coefficient (Wildman–Crippen LogP) is 3.44. The molecular formula is C12H12ClFN4. The van der Waals surface area contributed by atoms with Gasteiger partial charge in [-0.15, -0.1) is 0 Å². The molecule has 1 aromatic carbocycles. The van der Waals surface area contributed by atoms with Crippen molar-refractivity contribution in [3.05, 3.63) is 41.4 Å². The summed E-state index contributed by atoms with van der Waals surface area (Å²) in [6, 6.07) is 4.13. The van der Waals surface area contributed by atoms with Gasteiger partial charge in [0.15, 0.2) is 5.82 Å². The Morgan fingerprint density at radius 2 is 2.06 bits per heavy atom. The molecule has 0 aliphatic carbocycles. The smallest absolute Gasteiger partial charge is 0.151 e. The SMILES string of the molecule is CCNc1cncc(Nc2ccc(F)cc2Cl)n1. The first-order chi connectivity index (χ1) is 8.69. The van der Waals surface area contributed by atoms with Crippen LogP contribution in [0.5, 0.6) is 0 Å². The second-order valence-corrected chi connectivity index (χ2v) is 3.98. The number of benzene rings is 1. The lowest BCUT2D eigenvalue weighted by Crippen LogP contribution is -2.02. The number of halogens is 2. The van der Waals surface area contributed by atoms with Crippen molar-refractivity contribution < 1.29 is 4.39 Å². The molecule has 0 saturated heterocycles. The highest BCUT2D eigenvalue weighted by Gasteiger charge is 2.04. The highest BCUT2D eigenvalue weighted by molar-refractivity contribution is 6.33. The number of rotatable bonds is 4. The van der Waals surface area contributed by atoms with Gasteiger partial charge in [-0.1, -0.05) is 11.6 Å². The van der Waals surface area contributed by atoms with Gasteiger partial charge in [0.25, 0.3) is 0 Å². The number of hydrogen-bond acceptors (Lipinski definition) is 4. The molecule has 0 saturated carbocycles. The van der Waals surface area contributed by atoms with Crippen molar-refractivity contribution in [1.29, 1.82) is 0 Å². The molecule has 0 aliphatic heterocycles. The van der Waals surface area contributed by atoms with E-state index in [-0.39, 0.29) is 5.82 Å². The molecule has 2 aromatic rings. The van der Waals surface area contributed by atoms with Gasteiger partial charge in [-0.05, 0) is 25.1 Å². The zero-order chi connectivity index (χ0) is 13.0. The molecule has 0 fully saturated rings. The largest absolute Gasteiger partial charge is 0.369 e. The van der Waals surface area contributed by atoms with Crippen LogP contribution in [-0.2, 0) is 0 Å². The minimum atomic E-state index is -0.377. The number of aromatic nitrogens is 2. The van der Waals surface area contributed by atoms with E-state index in [0.29, 0.717) is 22.3 Å². The molecule has 0 aliphatic rings. The Kier molecular flexibility index (Phi) is 3.94. The first kappa shape index (κ1) is 12.6. The third-order valence-electron chi connectivity index (χ3n) is 2.19. The number of hydrogen-bond donors (Lipinski definition) is 2. The van der Waals surface area contributed by atoms with Crippen LogP contribution in [0.1, 0.15) is 6.92 Å². The van der Waals surface area contributed by atoms with Crippen molar-refractivity contribution >= 4 is 28.9 Å². The van der Waals surface area contributed by atoms with Crippen molar-refractivity contribution in [2.24, 2.45) is 0 Å². The van der Waals surface area contributed by atoms with Gasteiger partial charge >= 0.3 is 0 Å². The minimum Gasteiger partial charge on any atom is -0.369 e. The summed E-state index contributed by atoms with van der Waals surface area (Å²) >= 11 is 5.91. The Morgan fingerprint density at radius 3 is 2.78 bits per heavy atom. The number of nitrogens with one attached hydrogen (secondary N) is 2. The molecule has 94 valence electrons. The molecule has 0 unspecified atom stereocenters. The first-order valence-corrected chi connectivity index (χ1v) is 5.85. The van der Waals surface area contributed by atoms with Crippen LogP contribution in [0, 0.1) is 5.82 Å². The van der Waals surface area contributed by atoms with Gasteiger partial charge < -0.3 is 10.6 Å². The van der Waals surface area contributed by atoms with Crippen LogP contribution in [0.25, 0.3) is 0 Å². The summed E-state index contributed by atoms with van der Waals surface area (Å²) in [7, 11) is 0. The maximum atomic E-state index is 12.9. The van der Waals surface area contributed by atoms with Gasteiger partial charge in [0.05, 0.1) is 23.1 Å². The molecule has 2 rings (SSSR count). The molecule has 2 N–H and O–H groups in total. The predicted molar refractivity (Wildman–Crippen MR) is 70.9 cm³/mol. The third kappa shape index (κ3) is 3.07. The quantitative estimate of drug-likeness (QED) is 0.890. The van der Waals surface area contributed by atoms with E-state index in [1.54, 1.807) is 18.5 Å². The van der Waals surface area contributed by atoms with E-state index in [4.69, 9.17) is 11.6 Å². The maximum Gasteiger partial charge on any atom is 0.151 e. The highest BCUT2D eigenvalue weighted by Crippen LogP contribution is 2.25. The van der Waals surface area contributed by atoms with E-state index >= 15 is 0 Å². The van der Waals surface area contributed by atoms with Crippen molar-refractivity contribution in [2.45, 2.75) is 6.92 Å². The van der Waals surface area contributed by atoms with Crippen LogP contribution in [-0.4, -0.2) is 16.5 Å². The van der Waals surface area contributed by atoms with E-state index in [1.807, 2.05) is 6.92 Å². The summed E-state index contributed by atoms with van der Waals surface area (Å²) in [6.07, 6.45) is 3.20. The highest BCUT2D eigenvalue weighted by atomic mass is 35.5. The fourth-order valence-electron chi connectivity index (χ4n) is 1.42. The Bertz CT molecular complexity index is 547. The van der Waals surface area contributed by atoms with Gasteiger partial charge in [-0.3, -0.25) is 4.98 Å². The van der Waals surface area contributed by atoms with Gasteiger partial charge in [-0.25, -0.2) is 9.37 Å². The Labute approximate surface area is 109 Å². The Hall–Kier alpha value is -1.88. The molecule has 0 atom stereocenters. The molecular weight excluding hydrogens is 255 g/mol. The normalized spacial score (nSPS) is 10.2. The molecule has 1 aromatic heterocycles. The number of anilines is 3. The third-order valence-corrected chi connectivity index (χ3v) is 2.50. The van der Waals surface area contributed by atoms with E-state index in [0.717, 1.165) is 6.54 Å². The van der Waals surface area contributed by atoms with Gasteiger partial charge in [0.1, 0.15) is 11.6 Å². The minimum absolute atomic E-state index is 0.297. The van der Waals surface area contributed by atoms with E-state index in [2.05, 4.69) is 20.6 Å². The van der Waals surface area contributed by atoms with E-state index in [9.17, 15) is 4.39 Å². The molecule has 4 nitrogen and oxygen atoms in total. The zero-order valence-electron chi connectivity index (χ0n) is 9.74. The average Bonchev–Trinajstić information content (AvgIpc) is 2.34. The van der Waals surface area contributed by atoms with Gasteiger partial charge in [0.2, 0.25) is 0 Å². The van der Waals surface area contributed by atoms with Crippen LogP contribution >= 0.6 is 11.6 Å². The van der Waals surface area contributed by atoms with E-state index in [1.165, 1.54) is 12.1 Å². The second kappa shape index (κ2) is 5.64. The lowest BCUT2D eigenvalue weighted by molar-refractivity contribution is 0.628. The molecule has 6 heteroatoms. The van der Waals surface area contributed by atoms with Gasteiger partial charge in [0, 0.05) is 6.54 Å². The van der Waals surface area contributed by atoms with Crippen LogP contribution in [0.4, 0.5) is 21.7 Å². The van der Waals surface area contributed by atoms with Crippen LogP contribution < -0.4 is 10.6 Å². The maximum absolute atomic E-state index is 12.9. The van der Waals surface area contributed by atoms with Crippen molar-refractivity contribution in [1.82, 2.24) is 9.97 Å². The number of nitrogens with zero attached hydrogens (tertiary/aromatic N) is 2. The molecule has 1 heterocycles. The second-order valence-electron chi connectivity index (χ2n) is 3.57. The monoisotopic (exact) mass is 266 g/mol. The summed E-state index contributed by atoms with van der Waals surface area (Å²) in [5, 5.41) is 6.33. The van der Waals surface area contributed by atoms with E-state index < -0.39 is 0 Å². The molecule has 0 amide bonds. The Balaban J connectivity index is 2.20. The summed E-state index contributed by atoms with van der Waals surface area (Å²) in [5.41, 5.74) is 0.584. The van der Waals surface area contributed by atoms with Crippen LogP contribution in [0.2, 0.25) is 5.02 Å². The summed E-state index contributed by atoms with van der Waals surface area (Å²) in [6.45, 7) is 2.73. The average molecular weight is 267 g/mol. The van der Waals surface area contributed by atoms with Crippen molar-refractivity contribution in [3.8, 4) is 0 Å². The molecule has 0 spiro atoms. The fourth-order valence-corrected chi connectivity index (χ4v) is 1.64. The van der Waals surface area contributed by atoms with Crippen molar-refractivity contribution in [2.75, 3.05) is 17.2 Å². The zero-order valence-corrected chi connectivity index (χ0v) is 10.5. The standard InChI is InChI=1S/C12H12ClFN4/c1-2-16-11-6-15-7-12(18-11)17-10-4-3-8(14)5-9(10)13/h3-7H,2H2,1H3,(H2,16,17,18). The molecule has 0 radical (unpaired) electrons. The summed E-state index contributed by atoms with van der Waals surface area (Å²) in [5.74, 6) is 0.834. The van der Waals surface area contributed by atoms with Gasteiger partial charge in [-0.2, -0.15) is 0 Å². The summed E-state index contributed by atoms with van der Waals surface area (Å²) < 4.78 is 12.9.